The van der Waals surface area contributed by atoms with E-state index in [9.17, 15) is 9.00 Å². The van der Waals surface area contributed by atoms with Crippen LogP contribution in [-0.2, 0) is 15.8 Å². The van der Waals surface area contributed by atoms with Crippen LogP contribution in [0.4, 0.5) is 11.4 Å². The Morgan fingerprint density at radius 3 is 2.31 bits per heavy atom. The Kier molecular flexibility index (Phi) is 7.66. The summed E-state index contributed by atoms with van der Waals surface area (Å²) in [5, 5.41) is 3.20. The van der Waals surface area contributed by atoms with E-state index in [0.29, 0.717) is 0 Å². The third-order valence-electron chi connectivity index (χ3n) is 5.27. The fourth-order valence-electron chi connectivity index (χ4n) is 3.63. The van der Waals surface area contributed by atoms with E-state index in [1.807, 2.05) is 54.4 Å². The van der Waals surface area contributed by atoms with Gasteiger partial charge in [-0.15, -0.1) is 0 Å². The van der Waals surface area contributed by atoms with Crippen molar-refractivity contribution >= 4 is 28.3 Å². The third-order valence-corrected chi connectivity index (χ3v) is 5.79. The van der Waals surface area contributed by atoms with Gasteiger partial charge in [-0.1, -0.05) is 30.3 Å². The van der Waals surface area contributed by atoms with Gasteiger partial charge in [-0.3, -0.25) is 4.79 Å². The zero-order valence-corrected chi connectivity index (χ0v) is 18.0. The maximum atomic E-state index is 12.9. The van der Waals surface area contributed by atoms with Crippen molar-refractivity contribution < 1.29 is 9.00 Å². The second kappa shape index (κ2) is 10.4. The first-order chi connectivity index (χ1) is 14.0. The van der Waals surface area contributed by atoms with E-state index in [2.05, 4.69) is 27.1 Å². The average Bonchev–Trinajstić information content (AvgIpc) is 3.24. The molecule has 0 spiro atoms. The number of hydrogen-bond donors (Lipinski definition) is 2. The summed E-state index contributed by atoms with van der Waals surface area (Å²) in [6.07, 6.45) is 4.06. The maximum Gasteiger partial charge on any atom is 0.242 e. The number of anilines is 2. The molecule has 2 atom stereocenters. The van der Waals surface area contributed by atoms with E-state index in [1.165, 1.54) is 18.4 Å². The van der Waals surface area contributed by atoms with Crippen LogP contribution in [0.3, 0.4) is 0 Å². The zero-order chi connectivity index (χ0) is 20.6. The highest BCUT2D eigenvalue weighted by Gasteiger charge is 2.25. The molecule has 1 heterocycles. The summed E-state index contributed by atoms with van der Waals surface area (Å²) in [5.41, 5.74) is 2.81. The van der Waals surface area contributed by atoms with Crippen LogP contribution in [0.25, 0.3) is 0 Å². The molecule has 2 N–H and O–H groups in total. The maximum absolute atomic E-state index is 12.9. The summed E-state index contributed by atoms with van der Waals surface area (Å²) < 4.78 is 14.1. The quantitative estimate of drug-likeness (QED) is 0.662. The Bertz CT molecular complexity index is 807. The van der Waals surface area contributed by atoms with Crippen molar-refractivity contribution in [2.45, 2.75) is 18.9 Å². The number of likely N-dealkylation sites (tertiary alicyclic amines) is 1. The van der Waals surface area contributed by atoms with Crippen molar-refractivity contribution in [3.63, 3.8) is 0 Å². The van der Waals surface area contributed by atoms with E-state index >= 15 is 0 Å². The lowest BCUT2D eigenvalue weighted by molar-refractivity contribution is -0.130. The molecule has 6 nitrogen and oxygen atoms in total. The molecular formula is C22H30N4O2S. The normalized spacial score (nSPS) is 16.2. The van der Waals surface area contributed by atoms with Crippen LogP contribution < -0.4 is 10.0 Å². The standard InChI is InChI=1S/C22H30N4O2S/c1-25(21(17-26-14-6-7-15-26)18-8-4-3-5-9-18)22(27)16-23-19-10-12-20(13-11-19)24-29(2)28/h3-5,8-13,21,23-24H,6-7,14-17H2,1-2H3. The molecule has 2 aromatic carbocycles. The van der Waals surface area contributed by atoms with Gasteiger partial charge in [0.25, 0.3) is 0 Å². The molecule has 1 saturated heterocycles. The molecule has 3 rings (SSSR count). The highest BCUT2D eigenvalue weighted by Crippen LogP contribution is 2.23. The number of nitrogens with zero attached hydrogens (tertiary/aromatic N) is 2. The average molecular weight is 415 g/mol. The Labute approximate surface area is 175 Å². The van der Waals surface area contributed by atoms with Crippen LogP contribution in [0, 0.1) is 0 Å². The van der Waals surface area contributed by atoms with Crippen molar-refractivity contribution in [2.75, 3.05) is 49.5 Å². The van der Waals surface area contributed by atoms with Gasteiger partial charge >= 0.3 is 0 Å². The lowest BCUT2D eigenvalue weighted by Crippen LogP contribution is -2.40. The van der Waals surface area contributed by atoms with Crippen LogP contribution in [0.5, 0.6) is 0 Å². The number of rotatable bonds is 9. The Balaban J connectivity index is 1.61. The lowest BCUT2D eigenvalue weighted by atomic mass is 10.0. The van der Waals surface area contributed by atoms with E-state index < -0.39 is 11.0 Å². The molecule has 0 radical (unpaired) electrons. The van der Waals surface area contributed by atoms with E-state index in [4.69, 9.17) is 0 Å². The Hall–Kier alpha value is -2.38. The summed E-state index contributed by atoms with van der Waals surface area (Å²) in [4.78, 5) is 17.2. The summed E-state index contributed by atoms with van der Waals surface area (Å²) in [6, 6.07) is 17.7. The zero-order valence-electron chi connectivity index (χ0n) is 17.1. The van der Waals surface area contributed by atoms with Gasteiger partial charge in [0.1, 0.15) is 11.0 Å². The van der Waals surface area contributed by atoms with Crippen LogP contribution in [0.2, 0.25) is 0 Å². The van der Waals surface area contributed by atoms with E-state index in [1.54, 1.807) is 6.26 Å². The Morgan fingerprint density at radius 1 is 1.07 bits per heavy atom. The summed E-state index contributed by atoms with van der Waals surface area (Å²) in [7, 11) is 0.789. The molecular weight excluding hydrogens is 384 g/mol. The second-order valence-corrected chi connectivity index (χ2v) is 8.54. The minimum absolute atomic E-state index is 0.0368. The summed E-state index contributed by atoms with van der Waals surface area (Å²) in [5.74, 6) is 0.0508. The molecule has 0 aromatic heterocycles. The SMILES string of the molecule is CN(C(=O)CNc1ccc(NS(C)=O)cc1)C(CN1CCCC1)c1ccccc1. The number of benzene rings is 2. The number of likely N-dealkylation sites (N-methyl/N-ethyl adjacent to an activating group) is 1. The predicted molar refractivity (Wildman–Crippen MR) is 120 cm³/mol. The summed E-state index contributed by atoms with van der Waals surface area (Å²) in [6.45, 7) is 3.30. The van der Waals surface area contributed by atoms with Crippen molar-refractivity contribution in [2.24, 2.45) is 0 Å². The highest BCUT2D eigenvalue weighted by molar-refractivity contribution is 7.85. The predicted octanol–water partition coefficient (Wildman–Crippen LogP) is 3.10. The first-order valence-corrected chi connectivity index (χ1v) is 11.6. The number of carbonyl (C=O) groups is 1. The highest BCUT2D eigenvalue weighted by atomic mass is 32.2. The van der Waals surface area contributed by atoms with Gasteiger partial charge in [0.05, 0.1) is 12.6 Å². The third kappa shape index (κ3) is 6.30. The first kappa shape index (κ1) is 21.3. The fourth-order valence-corrected chi connectivity index (χ4v) is 4.10. The molecule has 29 heavy (non-hydrogen) atoms. The van der Waals surface area contributed by atoms with Crippen LogP contribution in [0.15, 0.2) is 54.6 Å². The van der Waals surface area contributed by atoms with Crippen LogP contribution >= 0.6 is 0 Å². The minimum Gasteiger partial charge on any atom is -0.376 e. The van der Waals surface area contributed by atoms with Crippen molar-refractivity contribution in [3.8, 4) is 0 Å². The van der Waals surface area contributed by atoms with Crippen LogP contribution in [0.1, 0.15) is 24.4 Å². The molecule has 7 heteroatoms. The fraction of sp³-hybridized carbons (Fsp3) is 0.409. The number of carbonyl (C=O) groups excluding carboxylic acids is 1. The minimum atomic E-state index is -1.10. The topological polar surface area (TPSA) is 64.7 Å². The smallest absolute Gasteiger partial charge is 0.242 e. The molecule has 1 amide bonds. The van der Waals surface area contributed by atoms with Crippen molar-refractivity contribution in [1.82, 2.24) is 9.80 Å². The van der Waals surface area contributed by atoms with Gasteiger partial charge < -0.3 is 19.8 Å². The molecule has 1 fully saturated rings. The largest absolute Gasteiger partial charge is 0.376 e. The molecule has 1 aliphatic heterocycles. The van der Waals surface area contributed by atoms with Crippen LogP contribution in [-0.4, -0.2) is 59.4 Å². The molecule has 2 aromatic rings. The number of hydrogen-bond acceptors (Lipinski definition) is 4. The van der Waals surface area contributed by atoms with Crippen molar-refractivity contribution in [1.29, 1.82) is 0 Å². The van der Waals surface area contributed by atoms with Gasteiger partial charge in [0.15, 0.2) is 0 Å². The number of amides is 1. The molecule has 0 aliphatic carbocycles. The van der Waals surface area contributed by atoms with Gasteiger partial charge in [0.2, 0.25) is 5.91 Å². The second-order valence-electron chi connectivity index (χ2n) is 7.43. The van der Waals surface area contributed by atoms with Gasteiger partial charge in [-0.25, -0.2) is 4.21 Å². The monoisotopic (exact) mass is 414 g/mol. The summed E-state index contributed by atoms with van der Waals surface area (Å²) >= 11 is 0. The lowest BCUT2D eigenvalue weighted by Gasteiger charge is -2.32. The number of nitrogens with one attached hydrogen (secondary N) is 2. The molecule has 156 valence electrons. The molecule has 2 unspecified atom stereocenters. The van der Waals surface area contributed by atoms with Gasteiger partial charge in [-0.2, -0.15) is 0 Å². The van der Waals surface area contributed by atoms with E-state index in [0.717, 1.165) is 31.0 Å². The molecule has 0 bridgehead atoms. The van der Waals surface area contributed by atoms with Gasteiger partial charge in [0, 0.05) is 31.2 Å². The molecule has 1 aliphatic rings. The van der Waals surface area contributed by atoms with Gasteiger partial charge in [-0.05, 0) is 55.8 Å². The first-order valence-electron chi connectivity index (χ1n) is 10.00. The molecule has 0 saturated carbocycles. The van der Waals surface area contributed by atoms with E-state index in [-0.39, 0.29) is 18.5 Å². The Morgan fingerprint density at radius 2 is 1.69 bits per heavy atom. The van der Waals surface area contributed by atoms with Crippen molar-refractivity contribution in [3.05, 3.63) is 60.2 Å².